The fourth-order valence-corrected chi connectivity index (χ4v) is 1.70. The maximum Gasteiger partial charge on any atom is 0.224 e. The first kappa shape index (κ1) is 13.7. The smallest absolute Gasteiger partial charge is 0.224 e. The predicted octanol–water partition coefficient (Wildman–Crippen LogP) is 2.25. The Morgan fingerprint density at radius 1 is 1.29 bits per heavy atom. The van der Waals surface area contributed by atoms with Gasteiger partial charge in [-0.2, -0.15) is 0 Å². The molecule has 2 unspecified atom stereocenters. The third-order valence-electron chi connectivity index (χ3n) is 3.03. The number of nitrogens with two attached hydrogens (primary N) is 1. The number of nitrogens with zero attached hydrogens (tertiary/aromatic N) is 1. The van der Waals surface area contributed by atoms with Gasteiger partial charge in [0, 0.05) is 19.5 Å². The highest BCUT2D eigenvalue weighted by Crippen LogP contribution is 2.19. The summed E-state index contributed by atoms with van der Waals surface area (Å²) in [6, 6.07) is 8.26. The second kappa shape index (κ2) is 5.82. The number of carbonyl (C=O) groups is 1. The van der Waals surface area contributed by atoms with Gasteiger partial charge in [0.2, 0.25) is 5.91 Å². The van der Waals surface area contributed by atoms with E-state index in [1.807, 2.05) is 20.9 Å². The molecule has 1 aromatic rings. The lowest BCUT2D eigenvalue weighted by atomic mass is 10.0. The summed E-state index contributed by atoms with van der Waals surface area (Å²) in [4.78, 5) is 13.6. The molecule has 94 valence electrons. The van der Waals surface area contributed by atoms with E-state index >= 15 is 0 Å². The van der Waals surface area contributed by atoms with Crippen LogP contribution in [-0.4, -0.2) is 23.9 Å². The zero-order chi connectivity index (χ0) is 13.0. The summed E-state index contributed by atoms with van der Waals surface area (Å²) in [5, 5.41) is 0. The van der Waals surface area contributed by atoms with E-state index in [-0.39, 0.29) is 18.0 Å². The molecule has 0 aliphatic rings. The van der Waals surface area contributed by atoms with Crippen molar-refractivity contribution in [2.75, 3.05) is 7.05 Å². The summed E-state index contributed by atoms with van der Waals surface area (Å²) >= 11 is 0. The van der Waals surface area contributed by atoms with Gasteiger partial charge in [0.25, 0.3) is 0 Å². The lowest BCUT2D eigenvalue weighted by molar-refractivity contribution is -0.132. The average molecular weight is 234 g/mol. The highest BCUT2D eigenvalue weighted by Gasteiger charge is 2.17. The molecule has 0 aromatic heterocycles. The van der Waals surface area contributed by atoms with Gasteiger partial charge < -0.3 is 10.6 Å². The molecule has 1 rings (SSSR count). The molecular weight excluding hydrogens is 212 g/mol. The predicted molar refractivity (Wildman–Crippen MR) is 70.6 cm³/mol. The number of aryl methyl sites for hydroxylation is 1. The van der Waals surface area contributed by atoms with E-state index in [0.717, 1.165) is 5.56 Å². The first-order chi connectivity index (χ1) is 7.91. The van der Waals surface area contributed by atoms with E-state index in [0.29, 0.717) is 6.42 Å². The fourth-order valence-electron chi connectivity index (χ4n) is 1.70. The number of rotatable bonds is 4. The zero-order valence-electron chi connectivity index (χ0n) is 11.1. The lowest BCUT2D eigenvalue weighted by Crippen LogP contribution is -2.33. The van der Waals surface area contributed by atoms with E-state index in [1.54, 1.807) is 4.90 Å². The van der Waals surface area contributed by atoms with Crippen LogP contribution in [0.5, 0.6) is 0 Å². The Morgan fingerprint density at radius 3 is 2.29 bits per heavy atom. The van der Waals surface area contributed by atoms with Gasteiger partial charge in [-0.05, 0) is 26.3 Å². The Hall–Kier alpha value is -1.35. The Bertz CT molecular complexity index is 370. The molecule has 3 heteroatoms. The maximum absolute atomic E-state index is 11.9. The van der Waals surface area contributed by atoms with Crippen molar-refractivity contribution in [2.24, 2.45) is 5.73 Å². The normalized spacial score (nSPS) is 14.2. The molecular formula is C14H22N2O. The average Bonchev–Trinajstić information content (AvgIpc) is 2.27. The highest BCUT2D eigenvalue weighted by molar-refractivity contribution is 5.77. The van der Waals surface area contributed by atoms with Gasteiger partial charge in [0.15, 0.2) is 0 Å². The lowest BCUT2D eigenvalue weighted by Gasteiger charge is -2.26. The minimum absolute atomic E-state index is 0.0850. The Morgan fingerprint density at radius 2 is 1.82 bits per heavy atom. The van der Waals surface area contributed by atoms with Crippen LogP contribution in [0.15, 0.2) is 24.3 Å². The molecule has 0 heterocycles. The molecule has 2 atom stereocenters. The number of amides is 1. The van der Waals surface area contributed by atoms with Crippen molar-refractivity contribution in [2.45, 2.75) is 39.3 Å². The second-order valence-corrected chi connectivity index (χ2v) is 4.77. The summed E-state index contributed by atoms with van der Waals surface area (Å²) in [5.41, 5.74) is 8.02. The molecule has 2 N–H and O–H groups in total. The molecule has 0 saturated heterocycles. The van der Waals surface area contributed by atoms with Crippen molar-refractivity contribution in [3.8, 4) is 0 Å². The SMILES string of the molecule is Cc1ccc(C(C)N(C)C(=O)CC(C)N)cc1. The topological polar surface area (TPSA) is 46.3 Å². The van der Waals surface area contributed by atoms with E-state index in [4.69, 9.17) is 5.73 Å². The van der Waals surface area contributed by atoms with Crippen molar-refractivity contribution in [3.63, 3.8) is 0 Å². The summed E-state index contributed by atoms with van der Waals surface area (Å²) in [7, 11) is 1.83. The van der Waals surface area contributed by atoms with Gasteiger partial charge in [-0.1, -0.05) is 29.8 Å². The van der Waals surface area contributed by atoms with E-state index in [1.165, 1.54) is 5.56 Å². The Labute approximate surface area is 104 Å². The highest BCUT2D eigenvalue weighted by atomic mass is 16.2. The second-order valence-electron chi connectivity index (χ2n) is 4.77. The molecule has 0 radical (unpaired) electrons. The van der Waals surface area contributed by atoms with E-state index < -0.39 is 0 Å². The van der Waals surface area contributed by atoms with Crippen LogP contribution >= 0.6 is 0 Å². The van der Waals surface area contributed by atoms with Crippen LogP contribution in [0.4, 0.5) is 0 Å². The van der Waals surface area contributed by atoms with Gasteiger partial charge >= 0.3 is 0 Å². The molecule has 1 aromatic carbocycles. The van der Waals surface area contributed by atoms with Crippen LogP contribution in [-0.2, 0) is 4.79 Å². The molecule has 0 saturated carbocycles. The molecule has 0 spiro atoms. The summed E-state index contributed by atoms with van der Waals surface area (Å²) in [5.74, 6) is 0.0908. The molecule has 17 heavy (non-hydrogen) atoms. The van der Waals surface area contributed by atoms with Gasteiger partial charge in [-0.15, -0.1) is 0 Å². The van der Waals surface area contributed by atoms with Crippen molar-refractivity contribution < 1.29 is 4.79 Å². The third-order valence-corrected chi connectivity index (χ3v) is 3.03. The monoisotopic (exact) mass is 234 g/mol. The molecule has 0 aliphatic heterocycles. The van der Waals surface area contributed by atoms with Crippen molar-refractivity contribution in [1.82, 2.24) is 4.90 Å². The fraction of sp³-hybridized carbons (Fsp3) is 0.500. The quantitative estimate of drug-likeness (QED) is 0.868. The number of hydrogen-bond donors (Lipinski definition) is 1. The Kier molecular flexibility index (Phi) is 4.70. The largest absolute Gasteiger partial charge is 0.339 e. The van der Waals surface area contributed by atoms with Crippen LogP contribution < -0.4 is 5.73 Å². The van der Waals surface area contributed by atoms with Gasteiger partial charge in [0.1, 0.15) is 0 Å². The number of carbonyl (C=O) groups excluding carboxylic acids is 1. The minimum atomic E-state index is -0.0878. The van der Waals surface area contributed by atoms with Crippen LogP contribution in [0.1, 0.15) is 37.4 Å². The maximum atomic E-state index is 11.9. The van der Waals surface area contributed by atoms with Gasteiger partial charge in [-0.25, -0.2) is 0 Å². The van der Waals surface area contributed by atoms with Crippen molar-refractivity contribution in [3.05, 3.63) is 35.4 Å². The van der Waals surface area contributed by atoms with Crippen LogP contribution in [0.25, 0.3) is 0 Å². The van der Waals surface area contributed by atoms with Crippen molar-refractivity contribution in [1.29, 1.82) is 0 Å². The molecule has 0 bridgehead atoms. The number of benzene rings is 1. The van der Waals surface area contributed by atoms with Crippen LogP contribution in [0, 0.1) is 6.92 Å². The van der Waals surface area contributed by atoms with Gasteiger partial charge in [-0.3, -0.25) is 4.79 Å². The van der Waals surface area contributed by atoms with Crippen LogP contribution in [0.3, 0.4) is 0 Å². The first-order valence-electron chi connectivity index (χ1n) is 5.99. The third kappa shape index (κ3) is 3.86. The van der Waals surface area contributed by atoms with Crippen LogP contribution in [0.2, 0.25) is 0 Å². The first-order valence-corrected chi connectivity index (χ1v) is 5.99. The van der Waals surface area contributed by atoms with Crippen molar-refractivity contribution >= 4 is 5.91 Å². The molecule has 3 nitrogen and oxygen atoms in total. The van der Waals surface area contributed by atoms with E-state index in [2.05, 4.69) is 31.2 Å². The number of hydrogen-bond acceptors (Lipinski definition) is 2. The zero-order valence-corrected chi connectivity index (χ0v) is 11.1. The summed E-state index contributed by atoms with van der Waals surface area (Å²) in [6.07, 6.45) is 0.396. The minimum Gasteiger partial charge on any atom is -0.339 e. The molecule has 0 aliphatic carbocycles. The summed E-state index contributed by atoms with van der Waals surface area (Å²) in [6.45, 7) is 5.94. The van der Waals surface area contributed by atoms with E-state index in [9.17, 15) is 4.79 Å². The standard InChI is InChI=1S/C14H22N2O/c1-10-5-7-13(8-6-10)12(3)16(4)14(17)9-11(2)15/h5-8,11-12H,9,15H2,1-4H3. The molecule has 0 fully saturated rings. The molecule has 1 amide bonds. The van der Waals surface area contributed by atoms with Gasteiger partial charge in [0.05, 0.1) is 6.04 Å². The Balaban J connectivity index is 2.72. The summed E-state index contributed by atoms with van der Waals surface area (Å²) < 4.78 is 0.